The molecule has 0 aliphatic carbocycles. The maximum absolute atomic E-state index is 14.9. The third-order valence-electron chi connectivity index (χ3n) is 24.7. The summed E-state index contributed by atoms with van der Waals surface area (Å²) in [7, 11) is -3.06. The third kappa shape index (κ3) is 11.9. The third-order valence-corrected chi connectivity index (χ3v) is 28.9. The van der Waals surface area contributed by atoms with Crippen molar-refractivity contribution in [3.05, 3.63) is 419 Å². The second-order valence-corrected chi connectivity index (χ2v) is 35.5. The summed E-state index contributed by atoms with van der Waals surface area (Å²) in [5.74, 6) is 0. The van der Waals surface area contributed by atoms with Gasteiger partial charge >= 0.3 is 0 Å². The fraction of sp³-hybridized carbons (Fsp3) is 0. The molecule has 8 heterocycles. The van der Waals surface area contributed by atoms with Crippen LogP contribution >= 0.6 is 18.5 Å². The Morgan fingerprint density at radius 1 is 0.218 bits per heavy atom. The van der Waals surface area contributed by atoms with E-state index in [2.05, 4.69) is 285 Å². The number of hydrogen-bond acceptors (Lipinski definition) is 9. The lowest BCUT2D eigenvalue weighted by Gasteiger charge is -2.20. The fourth-order valence-electron chi connectivity index (χ4n) is 19.0. The summed E-state index contributed by atoms with van der Waals surface area (Å²) in [6, 6.07) is 139. The Morgan fingerprint density at radius 3 is 1.02 bits per heavy atom. The van der Waals surface area contributed by atoms with Crippen LogP contribution in [0.1, 0.15) is 0 Å². The molecule has 8 nitrogen and oxygen atoms in total. The van der Waals surface area contributed by atoms with Crippen LogP contribution in [0, 0.1) is 0 Å². The van der Waals surface area contributed by atoms with Crippen LogP contribution < -0.4 is 15.9 Å². The van der Waals surface area contributed by atoms with Crippen molar-refractivity contribution >= 4 is 207 Å². The highest BCUT2D eigenvalue weighted by Gasteiger charge is 2.30. The van der Waals surface area contributed by atoms with E-state index in [1.54, 1.807) is 0 Å². The van der Waals surface area contributed by atoms with Gasteiger partial charge in [0, 0.05) is 163 Å². The number of pyridine rings is 6. The highest BCUT2D eigenvalue weighted by atomic mass is 32.1. The summed E-state index contributed by atoms with van der Waals surface area (Å²) >= 11 is 1.86. The molecule has 0 saturated heterocycles. The second kappa shape index (κ2) is 29.6. The van der Waals surface area contributed by atoms with E-state index < -0.39 is 7.14 Å². The van der Waals surface area contributed by atoms with Crippen LogP contribution in [0.25, 0.3) is 228 Å². The molecule has 124 heavy (non-hydrogen) atoms. The number of rotatable bonds is 8. The van der Waals surface area contributed by atoms with Crippen molar-refractivity contribution in [2.45, 2.75) is 0 Å². The Balaban J connectivity index is 0.000000105. The van der Waals surface area contributed by atoms with Gasteiger partial charge in [0.1, 0.15) is 11.2 Å². The SMILES string of the molecule is O=P(c1ccccc1)(c1ccccc1)c1ccc(-c2nc3ccccc3c3c2ccc2ccc4cccnc4c23)cc1.c1cnc2c(c1)ccc1ccc3c(-c4ccc(-c5cccc6oc7ccccc7c56)cc4)nc4ccccc4c3c12.c1cnc2c(c1)ccc1ccc3c(-c4ccc(-c5cccc6sc7ccccc7c56)cc4)nc4ccccc4c3c12. The molecule has 0 radical (unpaired) electrons. The van der Waals surface area contributed by atoms with Gasteiger partial charge in [-0.2, -0.15) is 0 Å². The molecular weight excluding hydrogens is 1550 g/mol. The predicted octanol–water partition coefficient (Wildman–Crippen LogP) is 29.5. The average Bonchev–Trinajstić information content (AvgIpc) is 1.03. The van der Waals surface area contributed by atoms with Crippen molar-refractivity contribution in [2.75, 3.05) is 0 Å². The van der Waals surface area contributed by atoms with Crippen molar-refractivity contribution in [3.63, 3.8) is 0 Å². The number of fused-ring (bicyclic) bond motifs is 27. The lowest BCUT2D eigenvalue weighted by molar-refractivity contribution is 0.592. The quantitative estimate of drug-likeness (QED) is 0.109. The van der Waals surface area contributed by atoms with Gasteiger partial charge in [0.15, 0.2) is 7.14 Å². The van der Waals surface area contributed by atoms with Gasteiger partial charge in [-0.15, -0.1) is 11.3 Å². The molecule has 10 heteroatoms. The summed E-state index contributed by atoms with van der Waals surface area (Å²) in [6.07, 6.45) is 5.63. The maximum Gasteiger partial charge on any atom is 0.171 e. The van der Waals surface area contributed by atoms with E-state index in [1.165, 1.54) is 69.2 Å². The lowest BCUT2D eigenvalue weighted by Crippen LogP contribution is -2.24. The monoisotopic (exact) mass is 1620 g/mol. The molecule has 0 atom stereocenters. The Kier molecular flexibility index (Phi) is 17.2. The van der Waals surface area contributed by atoms with E-state index in [1.807, 2.05) is 145 Å². The normalized spacial score (nSPS) is 11.9. The second-order valence-electron chi connectivity index (χ2n) is 31.6. The first-order valence-electron chi connectivity index (χ1n) is 41.7. The molecule has 0 amide bonds. The zero-order valence-electron chi connectivity index (χ0n) is 66.7. The number of aromatic nitrogens is 6. The van der Waals surface area contributed by atoms with Crippen LogP contribution in [0.2, 0.25) is 0 Å². The molecule has 26 rings (SSSR count). The maximum atomic E-state index is 14.9. The lowest BCUT2D eigenvalue weighted by atomic mass is 9.93. The van der Waals surface area contributed by atoms with Crippen molar-refractivity contribution in [2.24, 2.45) is 0 Å². The summed E-state index contributed by atoms with van der Waals surface area (Å²) in [4.78, 5) is 30.1. The molecule has 18 aromatic carbocycles. The van der Waals surface area contributed by atoms with Crippen molar-refractivity contribution in [1.82, 2.24) is 29.9 Å². The Morgan fingerprint density at radius 2 is 0.556 bits per heavy atom. The van der Waals surface area contributed by atoms with Crippen LogP contribution in [0.4, 0.5) is 0 Å². The molecule has 0 saturated carbocycles. The van der Waals surface area contributed by atoms with Gasteiger partial charge < -0.3 is 8.98 Å². The molecule has 0 aliphatic heterocycles. The summed E-state index contributed by atoms with van der Waals surface area (Å²) in [6.45, 7) is 0. The van der Waals surface area contributed by atoms with Gasteiger partial charge in [0.2, 0.25) is 0 Å². The van der Waals surface area contributed by atoms with E-state index in [-0.39, 0.29) is 0 Å². The number of para-hydroxylation sites is 4. The van der Waals surface area contributed by atoms with E-state index in [4.69, 9.17) is 34.3 Å². The van der Waals surface area contributed by atoms with Gasteiger partial charge in [-0.05, 0) is 99.1 Å². The minimum atomic E-state index is -3.06. The summed E-state index contributed by atoms with van der Waals surface area (Å²) in [5.41, 5.74) is 18.6. The van der Waals surface area contributed by atoms with Crippen molar-refractivity contribution < 1.29 is 8.98 Å². The van der Waals surface area contributed by atoms with E-state index in [9.17, 15) is 4.57 Å². The minimum Gasteiger partial charge on any atom is -0.456 e. The molecule has 0 fully saturated rings. The smallest absolute Gasteiger partial charge is 0.171 e. The Bertz CT molecular complexity index is 8510. The molecular formula is C114H69N6O2PS. The van der Waals surface area contributed by atoms with Crippen LogP contribution in [0.15, 0.2) is 423 Å². The number of furan rings is 1. The number of thiophene rings is 1. The largest absolute Gasteiger partial charge is 0.456 e. The molecule has 578 valence electrons. The van der Waals surface area contributed by atoms with Gasteiger partial charge in [0.05, 0.1) is 50.2 Å². The minimum absolute atomic E-state index is 0.800. The van der Waals surface area contributed by atoms with Crippen LogP contribution in [0.5, 0.6) is 0 Å². The Hall–Kier alpha value is -15.8. The zero-order valence-corrected chi connectivity index (χ0v) is 68.4. The standard InChI is InChI=1S/C38H25N2OP.C38H22N2O.C38H22N2S/c41-42(29-11-3-1-4-12-29,30-13-5-2-6-14-30)31-22-19-28(20-23-31)37-33-24-21-26-17-18-27-10-9-25-39-38(27)35(26)36(33)32-15-7-8-16-34(32)40-37;2*1-3-11-31-28(8-1)36-30(21-20-24-16-19-25-7-6-22-39-38(25)34(24)36)37(40-31)26-17-14-23(15-18-26)27-10-5-13-33-35(27)29-9-2-4-12-32(29)41-33/h1-25H;2*1-22H. The van der Waals surface area contributed by atoms with Crippen molar-refractivity contribution in [1.29, 1.82) is 0 Å². The van der Waals surface area contributed by atoms with Crippen LogP contribution in [0.3, 0.4) is 0 Å². The van der Waals surface area contributed by atoms with Gasteiger partial charge in [0.25, 0.3) is 0 Å². The number of nitrogens with zero attached hydrogens (tertiary/aromatic N) is 6. The molecule has 0 N–H and O–H groups in total. The van der Waals surface area contributed by atoms with Crippen LogP contribution in [-0.2, 0) is 4.57 Å². The first-order chi connectivity index (χ1) is 61.4. The molecule has 8 aromatic heterocycles. The van der Waals surface area contributed by atoms with E-state index >= 15 is 0 Å². The predicted molar refractivity (Wildman–Crippen MR) is 523 cm³/mol. The fourth-order valence-corrected chi connectivity index (χ4v) is 22.8. The first kappa shape index (κ1) is 72.3. The van der Waals surface area contributed by atoms with Gasteiger partial charge in [-0.1, -0.05) is 340 Å². The van der Waals surface area contributed by atoms with E-state index in [0.29, 0.717) is 0 Å². The van der Waals surface area contributed by atoms with Gasteiger partial charge in [-0.25, -0.2) is 15.0 Å². The molecule has 0 bridgehead atoms. The number of benzene rings is 18. The van der Waals surface area contributed by atoms with E-state index in [0.717, 1.165) is 175 Å². The molecule has 0 aliphatic rings. The summed E-state index contributed by atoms with van der Waals surface area (Å²) < 4.78 is 23.7. The topological polar surface area (TPSA) is 108 Å². The number of hydrogen-bond donors (Lipinski definition) is 0. The highest BCUT2D eigenvalue weighted by Crippen LogP contribution is 2.48. The Labute approximate surface area is 715 Å². The summed E-state index contributed by atoms with van der Waals surface area (Å²) in [5, 5.41) is 28.1. The van der Waals surface area contributed by atoms with Crippen LogP contribution in [-0.4, -0.2) is 29.9 Å². The molecule has 26 aromatic rings. The average molecular weight is 1620 g/mol. The van der Waals surface area contributed by atoms with Gasteiger partial charge in [-0.3, -0.25) is 15.0 Å². The van der Waals surface area contributed by atoms with Crippen molar-refractivity contribution in [3.8, 4) is 56.0 Å². The first-order valence-corrected chi connectivity index (χ1v) is 44.2. The molecule has 0 spiro atoms. The highest BCUT2D eigenvalue weighted by molar-refractivity contribution is 7.85. The zero-order chi connectivity index (χ0) is 81.9. The molecule has 0 unspecified atom stereocenters.